The van der Waals surface area contributed by atoms with Gasteiger partial charge in [0.2, 0.25) is 5.91 Å². The molecule has 10 nitrogen and oxygen atoms in total. The summed E-state index contributed by atoms with van der Waals surface area (Å²) in [6.45, 7) is 5.94. The summed E-state index contributed by atoms with van der Waals surface area (Å²) in [5.74, 6) is 6.08. The minimum Gasteiger partial charge on any atom is -0.390 e. The second-order valence-corrected chi connectivity index (χ2v) is 13.4. The third-order valence-corrected chi connectivity index (χ3v) is 9.83. The number of fused-ring (bicyclic) bond motifs is 1. The summed E-state index contributed by atoms with van der Waals surface area (Å²) in [6, 6.07) is 32.0. The van der Waals surface area contributed by atoms with Crippen LogP contribution in [0.5, 0.6) is 0 Å². The van der Waals surface area contributed by atoms with Crippen LogP contribution in [0.25, 0.3) is 22.2 Å². The van der Waals surface area contributed by atoms with E-state index in [2.05, 4.69) is 15.3 Å². The zero-order chi connectivity index (χ0) is 35.7. The molecule has 6 rings (SSSR count). The average molecular weight is 686 g/mol. The minimum atomic E-state index is -0.977. The van der Waals surface area contributed by atoms with Gasteiger partial charge >= 0.3 is 6.03 Å². The maximum atomic E-state index is 14.3. The van der Waals surface area contributed by atoms with Crippen LogP contribution in [0.1, 0.15) is 37.0 Å². The van der Waals surface area contributed by atoms with E-state index in [1.165, 1.54) is 0 Å². The summed E-state index contributed by atoms with van der Waals surface area (Å²) in [5, 5.41) is 17.4. The van der Waals surface area contributed by atoms with Gasteiger partial charge in [-0.25, -0.2) is 9.80 Å². The standard InChI is InChI=1S/C41H47N7O3/c1-3-29(2)39(48-24-23-46(41(48)51)27-33-20-22-44-36-15-8-7-13-34(33)36)40(50)45-37(25-30-11-5-4-6-12-30)38(49)28-47(42)26-31-16-18-32(19-17-31)35-14-9-10-21-43-35/h4-22,29,37-39,49H,3,23-28,42H2,1-2H3,(H,45,50)/t29-,37-,38-,39-/m0/s1. The molecule has 1 saturated heterocycles. The van der Waals surface area contributed by atoms with Gasteiger partial charge in [0.15, 0.2) is 0 Å². The first-order valence-corrected chi connectivity index (χ1v) is 17.7. The second kappa shape index (κ2) is 16.7. The van der Waals surface area contributed by atoms with Gasteiger partial charge in [-0.05, 0) is 53.3 Å². The Morgan fingerprint density at radius 3 is 2.39 bits per heavy atom. The fourth-order valence-electron chi connectivity index (χ4n) is 6.84. The number of amides is 3. The summed E-state index contributed by atoms with van der Waals surface area (Å²) >= 11 is 0. The molecule has 2 aromatic heterocycles. The molecule has 51 heavy (non-hydrogen) atoms. The molecule has 4 atom stereocenters. The van der Waals surface area contributed by atoms with Gasteiger partial charge in [-0.3, -0.25) is 20.6 Å². The van der Waals surface area contributed by atoms with E-state index < -0.39 is 18.2 Å². The quantitative estimate of drug-likeness (QED) is 0.0993. The van der Waals surface area contributed by atoms with Crippen LogP contribution in [0.3, 0.4) is 0 Å². The van der Waals surface area contributed by atoms with E-state index in [1.54, 1.807) is 27.2 Å². The summed E-state index contributed by atoms with van der Waals surface area (Å²) in [7, 11) is 0. The molecule has 0 saturated carbocycles. The van der Waals surface area contributed by atoms with Crippen LogP contribution in [-0.4, -0.2) is 79.6 Å². The third-order valence-electron chi connectivity index (χ3n) is 9.83. The third kappa shape index (κ3) is 8.78. The highest BCUT2D eigenvalue weighted by molar-refractivity contribution is 5.89. The topological polar surface area (TPSA) is 128 Å². The molecule has 0 aliphatic carbocycles. The van der Waals surface area contributed by atoms with Crippen LogP contribution < -0.4 is 11.2 Å². The number of hydrazine groups is 1. The highest BCUT2D eigenvalue weighted by atomic mass is 16.3. The summed E-state index contributed by atoms with van der Waals surface area (Å²) in [4.78, 5) is 40.6. The Labute approximate surface area is 299 Å². The SMILES string of the molecule is CC[C@H](C)[C@@H](C(=O)N[C@@H](Cc1ccccc1)[C@@H](O)CN(N)Cc1ccc(-c2ccccn2)cc1)N1CCN(Cc2ccnc3ccccc23)C1=O. The number of benzene rings is 3. The lowest BCUT2D eigenvalue weighted by atomic mass is 9.95. The van der Waals surface area contributed by atoms with E-state index in [0.29, 0.717) is 39.0 Å². The maximum Gasteiger partial charge on any atom is 0.321 e. The van der Waals surface area contributed by atoms with Crippen molar-refractivity contribution in [2.45, 2.75) is 58.0 Å². The Morgan fingerprint density at radius 2 is 1.65 bits per heavy atom. The number of hydrogen-bond donors (Lipinski definition) is 3. The normalized spacial score (nSPS) is 15.6. The van der Waals surface area contributed by atoms with Crippen LogP contribution >= 0.6 is 0 Å². The van der Waals surface area contributed by atoms with Crippen LogP contribution in [0.4, 0.5) is 4.79 Å². The van der Waals surface area contributed by atoms with E-state index in [1.807, 2.05) is 117 Å². The molecule has 5 aromatic rings. The van der Waals surface area contributed by atoms with Crippen LogP contribution in [0.15, 0.2) is 116 Å². The minimum absolute atomic E-state index is 0.106. The van der Waals surface area contributed by atoms with Crippen LogP contribution in [0.2, 0.25) is 0 Å². The fourth-order valence-corrected chi connectivity index (χ4v) is 6.84. The van der Waals surface area contributed by atoms with Crippen molar-refractivity contribution < 1.29 is 14.7 Å². The predicted molar refractivity (Wildman–Crippen MR) is 200 cm³/mol. The first kappa shape index (κ1) is 35.7. The van der Waals surface area contributed by atoms with Crippen LogP contribution in [0, 0.1) is 5.92 Å². The number of rotatable bonds is 15. The molecule has 10 heteroatoms. The van der Waals surface area contributed by atoms with E-state index in [4.69, 9.17) is 5.84 Å². The molecule has 1 fully saturated rings. The lowest BCUT2D eigenvalue weighted by Gasteiger charge is -2.34. The number of urea groups is 1. The number of aromatic nitrogens is 2. The molecule has 264 valence electrons. The van der Waals surface area contributed by atoms with Gasteiger partial charge in [0.05, 0.1) is 23.4 Å². The van der Waals surface area contributed by atoms with E-state index in [0.717, 1.165) is 38.9 Å². The fraction of sp³-hybridized carbons (Fsp3) is 0.317. The Balaban J connectivity index is 1.14. The number of para-hydroxylation sites is 1. The molecule has 1 aliphatic rings. The van der Waals surface area contributed by atoms with Gasteiger partial charge in [-0.1, -0.05) is 99.1 Å². The highest BCUT2D eigenvalue weighted by Gasteiger charge is 2.40. The first-order chi connectivity index (χ1) is 24.8. The van der Waals surface area contributed by atoms with Gasteiger partial charge in [0.1, 0.15) is 6.04 Å². The second-order valence-electron chi connectivity index (χ2n) is 13.4. The largest absolute Gasteiger partial charge is 0.390 e. The predicted octanol–water partition coefficient (Wildman–Crippen LogP) is 5.41. The number of nitrogens with one attached hydrogen (secondary N) is 1. The van der Waals surface area contributed by atoms with Crippen molar-refractivity contribution in [3.63, 3.8) is 0 Å². The van der Waals surface area contributed by atoms with Crippen LogP contribution in [-0.2, 0) is 24.3 Å². The Bertz CT molecular complexity index is 1890. The smallest absolute Gasteiger partial charge is 0.321 e. The molecular formula is C41H47N7O3. The Hall–Kier alpha value is -5.16. The van der Waals surface area contributed by atoms with Crippen molar-refractivity contribution >= 4 is 22.8 Å². The van der Waals surface area contributed by atoms with Gasteiger partial charge < -0.3 is 20.2 Å². The average Bonchev–Trinajstić information content (AvgIpc) is 3.50. The Morgan fingerprint density at radius 1 is 0.902 bits per heavy atom. The lowest BCUT2D eigenvalue weighted by molar-refractivity contribution is -0.128. The Kier molecular flexibility index (Phi) is 11.7. The molecular weight excluding hydrogens is 638 g/mol. The number of aliphatic hydroxyl groups excluding tert-OH is 1. The van der Waals surface area contributed by atoms with Crippen molar-refractivity contribution in [3.8, 4) is 11.3 Å². The number of nitrogens with two attached hydrogens (primary N) is 1. The number of pyridine rings is 2. The van der Waals surface area contributed by atoms with Crippen molar-refractivity contribution in [3.05, 3.63) is 132 Å². The summed E-state index contributed by atoms with van der Waals surface area (Å²) < 4.78 is 0. The number of nitrogens with zero attached hydrogens (tertiary/aromatic N) is 5. The van der Waals surface area contributed by atoms with E-state index in [-0.39, 0.29) is 24.4 Å². The summed E-state index contributed by atoms with van der Waals surface area (Å²) in [5.41, 5.74) is 5.76. The highest BCUT2D eigenvalue weighted by Crippen LogP contribution is 2.25. The molecule has 1 aliphatic heterocycles. The molecule has 3 aromatic carbocycles. The molecule has 4 N–H and O–H groups in total. The zero-order valence-corrected chi connectivity index (χ0v) is 29.3. The molecule has 0 spiro atoms. The summed E-state index contributed by atoms with van der Waals surface area (Å²) in [6.07, 6.45) is 3.67. The van der Waals surface area contributed by atoms with Gasteiger partial charge in [0.25, 0.3) is 0 Å². The number of aliphatic hydroxyl groups is 1. The first-order valence-electron chi connectivity index (χ1n) is 17.7. The van der Waals surface area contributed by atoms with E-state index >= 15 is 0 Å². The number of hydrogen-bond acceptors (Lipinski definition) is 7. The van der Waals surface area contributed by atoms with Gasteiger partial charge in [0, 0.05) is 56.1 Å². The number of carbonyl (C=O) groups excluding carboxylic acids is 2. The molecule has 0 radical (unpaired) electrons. The van der Waals surface area contributed by atoms with Gasteiger partial charge in [-0.2, -0.15) is 0 Å². The zero-order valence-electron chi connectivity index (χ0n) is 29.3. The monoisotopic (exact) mass is 685 g/mol. The molecule has 3 heterocycles. The van der Waals surface area contributed by atoms with Crippen molar-refractivity contribution in [1.29, 1.82) is 0 Å². The van der Waals surface area contributed by atoms with Crippen molar-refractivity contribution in [2.75, 3.05) is 19.6 Å². The van der Waals surface area contributed by atoms with E-state index in [9.17, 15) is 14.7 Å². The van der Waals surface area contributed by atoms with Gasteiger partial charge in [-0.15, -0.1) is 0 Å². The lowest BCUT2D eigenvalue weighted by Crippen LogP contribution is -2.57. The molecule has 0 unspecified atom stereocenters. The maximum absolute atomic E-state index is 14.3. The van der Waals surface area contributed by atoms with Crippen molar-refractivity contribution in [2.24, 2.45) is 11.8 Å². The molecule has 0 bridgehead atoms. The van der Waals surface area contributed by atoms with Crippen molar-refractivity contribution in [1.82, 2.24) is 30.1 Å². The number of carbonyl (C=O) groups is 2. The molecule has 3 amide bonds.